The van der Waals surface area contributed by atoms with Crippen LogP contribution in [0.15, 0.2) is 12.1 Å². The molecule has 1 nitrogen and oxygen atoms in total. The summed E-state index contributed by atoms with van der Waals surface area (Å²) >= 11 is 16.7. The van der Waals surface area contributed by atoms with Gasteiger partial charge in [-0.15, -0.1) is 0 Å². The van der Waals surface area contributed by atoms with Gasteiger partial charge in [0.2, 0.25) is 0 Å². The van der Waals surface area contributed by atoms with Gasteiger partial charge in [0.1, 0.15) is 0 Å². The van der Waals surface area contributed by atoms with Crippen molar-refractivity contribution < 1.29 is 0 Å². The third-order valence-corrected chi connectivity index (χ3v) is 2.04. The largest absolute Gasteiger partial charge is 0.299 e. The van der Waals surface area contributed by atoms with Crippen LogP contribution >= 0.6 is 34.8 Å². The van der Waals surface area contributed by atoms with Gasteiger partial charge in [-0.25, -0.2) is 0 Å². The smallest absolute Gasteiger partial charge is 0.0742 e. The Morgan fingerprint density at radius 1 is 0.900 bits per heavy atom. The maximum atomic E-state index is 7.18. The third kappa shape index (κ3) is 1.48. The zero-order valence-corrected chi connectivity index (χ0v) is 7.06. The maximum Gasteiger partial charge on any atom is 0.0742 e. The van der Waals surface area contributed by atoms with Gasteiger partial charge in [-0.3, -0.25) is 5.73 Å². The summed E-state index contributed by atoms with van der Waals surface area (Å²) in [4.78, 5) is 0. The van der Waals surface area contributed by atoms with Gasteiger partial charge in [0.15, 0.2) is 0 Å². The summed E-state index contributed by atoms with van der Waals surface area (Å²) in [5.41, 5.74) is 7.37. The van der Waals surface area contributed by atoms with Crippen molar-refractivity contribution in [3.8, 4) is 0 Å². The first-order valence-electron chi connectivity index (χ1n) is 2.47. The van der Waals surface area contributed by atoms with Crippen LogP contribution < -0.4 is 5.73 Å². The molecule has 0 aromatic heterocycles. The average molecular weight is 195 g/mol. The van der Waals surface area contributed by atoms with E-state index in [-0.39, 0.29) is 5.69 Å². The minimum atomic E-state index is 0.191. The Kier molecular flexibility index (Phi) is 2.29. The molecule has 0 atom stereocenters. The predicted octanol–water partition coefficient (Wildman–Crippen LogP) is 3.56. The molecule has 1 aromatic carbocycles. The molecule has 0 aliphatic rings. The minimum absolute atomic E-state index is 0.191. The van der Waals surface area contributed by atoms with Crippen molar-refractivity contribution in [2.75, 3.05) is 0 Å². The molecular formula is C6H3Cl3N. The molecule has 10 heavy (non-hydrogen) atoms. The van der Waals surface area contributed by atoms with Gasteiger partial charge >= 0.3 is 0 Å². The van der Waals surface area contributed by atoms with Crippen LogP contribution in [0.1, 0.15) is 0 Å². The SMILES string of the molecule is [NH]c1cc(Cl)c(Cl)cc1Cl. The van der Waals surface area contributed by atoms with Crippen LogP contribution in [-0.4, -0.2) is 0 Å². The molecule has 1 rings (SSSR count). The molecule has 0 aliphatic carbocycles. The molecule has 0 unspecified atom stereocenters. The van der Waals surface area contributed by atoms with Crippen molar-refractivity contribution >= 4 is 40.5 Å². The highest BCUT2D eigenvalue weighted by atomic mass is 35.5. The molecule has 0 spiro atoms. The minimum Gasteiger partial charge on any atom is -0.299 e. The zero-order valence-electron chi connectivity index (χ0n) is 4.79. The lowest BCUT2D eigenvalue weighted by Crippen LogP contribution is -1.73. The number of nitrogens with one attached hydrogen (secondary N) is 1. The molecule has 0 aliphatic heterocycles. The second kappa shape index (κ2) is 2.87. The average Bonchev–Trinajstić information content (AvgIpc) is 1.84. The van der Waals surface area contributed by atoms with Gasteiger partial charge in [0.25, 0.3) is 0 Å². The number of benzene rings is 1. The fourth-order valence-corrected chi connectivity index (χ4v) is 1.07. The molecule has 0 bridgehead atoms. The molecular weight excluding hydrogens is 192 g/mol. The van der Waals surface area contributed by atoms with E-state index in [0.717, 1.165) is 0 Å². The lowest BCUT2D eigenvalue weighted by atomic mass is 10.3. The van der Waals surface area contributed by atoms with Crippen LogP contribution in [0.5, 0.6) is 0 Å². The summed E-state index contributed by atoms with van der Waals surface area (Å²) in [6, 6.07) is 2.86. The second-order valence-electron chi connectivity index (χ2n) is 1.75. The Morgan fingerprint density at radius 2 is 1.40 bits per heavy atom. The first-order valence-corrected chi connectivity index (χ1v) is 3.61. The Labute approximate surface area is 73.7 Å². The molecule has 0 heterocycles. The zero-order chi connectivity index (χ0) is 7.72. The molecule has 1 aromatic rings. The van der Waals surface area contributed by atoms with E-state index in [1.165, 1.54) is 12.1 Å². The second-order valence-corrected chi connectivity index (χ2v) is 2.97. The van der Waals surface area contributed by atoms with Crippen molar-refractivity contribution in [1.82, 2.24) is 5.73 Å². The van der Waals surface area contributed by atoms with E-state index in [1.807, 2.05) is 0 Å². The van der Waals surface area contributed by atoms with Crippen molar-refractivity contribution in [3.63, 3.8) is 0 Å². The number of hydrogen-bond acceptors (Lipinski definition) is 0. The number of rotatable bonds is 0. The number of hydrogen-bond donors (Lipinski definition) is 0. The summed E-state index contributed by atoms with van der Waals surface area (Å²) in [6.07, 6.45) is 0. The molecule has 0 fully saturated rings. The normalized spacial score (nSPS) is 9.90. The van der Waals surface area contributed by atoms with Gasteiger partial charge in [-0.1, -0.05) is 34.8 Å². The lowest BCUT2D eigenvalue weighted by Gasteiger charge is -1.98. The van der Waals surface area contributed by atoms with Crippen LogP contribution in [-0.2, 0) is 0 Å². The van der Waals surface area contributed by atoms with Crippen LogP contribution in [0.4, 0.5) is 5.69 Å². The summed E-state index contributed by atoms with van der Waals surface area (Å²) in [7, 11) is 0. The Morgan fingerprint density at radius 3 is 1.90 bits per heavy atom. The third-order valence-electron chi connectivity index (χ3n) is 1.01. The van der Waals surface area contributed by atoms with Crippen LogP contribution in [0.2, 0.25) is 15.1 Å². The van der Waals surface area contributed by atoms with E-state index in [0.29, 0.717) is 15.1 Å². The monoisotopic (exact) mass is 194 g/mol. The Balaban J connectivity index is 3.28. The van der Waals surface area contributed by atoms with E-state index in [4.69, 9.17) is 40.5 Å². The first-order chi connectivity index (χ1) is 4.61. The molecule has 4 heteroatoms. The van der Waals surface area contributed by atoms with E-state index in [2.05, 4.69) is 0 Å². The summed E-state index contributed by atoms with van der Waals surface area (Å²) in [5.74, 6) is 0. The van der Waals surface area contributed by atoms with Crippen molar-refractivity contribution in [3.05, 3.63) is 27.2 Å². The Hall–Kier alpha value is -0.110. The molecule has 0 saturated heterocycles. The van der Waals surface area contributed by atoms with Crippen molar-refractivity contribution in [2.24, 2.45) is 0 Å². The molecule has 0 saturated carbocycles. The topological polar surface area (TPSA) is 23.8 Å². The van der Waals surface area contributed by atoms with E-state index >= 15 is 0 Å². The van der Waals surface area contributed by atoms with Gasteiger partial charge in [0.05, 0.1) is 20.8 Å². The standard InChI is InChI=1S/C6H3Cl3N/c7-3-1-5(9)6(10)2-4(3)8/h1-2,10H. The quantitative estimate of drug-likeness (QED) is 0.565. The van der Waals surface area contributed by atoms with Crippen LogP contribution in [0.3, 0.4) is 0 Å². The van der Waals surface area contributed by atoms with E-state index < -0.39 is 0 Å². The predicted molar refractivity (Wildman–Crippen MR) is 44.2 cm³/mol. The van der Waals surface area contributed by atoms with Crippen LogP contribution in [0, 0.1) is 0 Å². The van der Waals surface area contributed by atoms with Gasteiger partial charge in [-0.05, 0) is 12.1 Å². The van der Waals surface area contributed by atoms with Gasteiger partial charge in [-0.2, -0.15) is 0 Å². The highest BCUT2D eigenvalue weighted by molar-refractivity contribution is 6.43. The fourth-order valence-electron chi connectivity index (χ4n) is 0.523. The molecule has 0 amide bonds. The van der Waals surface area contributed by atoms with Crippen molar-refractivity contribution in [1.29, 1.82) is 0 Å². The highest BCUT2D eigenvalue weighted by Crippen LogP contribution is 2.30. The first kappa shape index (κ1) is 7.99. The molecule has 1 N–H and O–H groups in total. The molecule has 1 radical (unpaired) electrons. The van der Waals surface area contributed by atoms with Crippen LogP contribution in [0.25, 0.3) is 0 Å². The summed E-state index contributed by atoms with van der Waals surface area (Å²) in [6.45, 7) is 0. The maximum absolute atomic E-state index is 7.18. The Bertz CT molecular complexity index is 209. The van der Waals surface area contributed by atoms with Gasteiger partial charge < -0.3 is 0 Å². The van der Waals surface area contributed by atoms with E-state index in [9.17, 15) is 0 Å². The van der Waals surface area contributed by atoms with E-state index in [1.54, 1.807) is 0 Å². The number of halogens is 3. The molecule has 53 valence electrons. The highest BCUT2D eigenvalue weighted by Gasteiger charge is 2.01. The fraction of sp³-hybridized carbons (Fsp3) is 0. The lowest BCUT2D eigenvalue weighted by molar-refractivity contribution is 1.48. The summed E-state index contributed by atoms with van der Waals surface area (Å²) < 4.78 is 0. The van der Waals surface area contributed by atoms with Crippen molar-refractivity contribution in [2.45, 2.75) is 0 Å². The van der Waals surface area contributed by atoms with Gasteiger partial charge in [0, 0.05) is 0 Å². The summed E-state index contributed by atoms with van der Waals surface area (Å²) in [5, 5.41) is 1.05.